The molecule has 0 aromatic heterocycles. The second kappa shape index (κ2) is 56.0. The first kappa shape index (κ1) is 62.9. The number of likely N-dealkylation sites (tertiary alicyclic amines) is 1. The van der Waals surface area contributed by atoms with Crippen molar-refractivity contribution in [1.82, 2.24) is 4.90 Å². The zero-order valence-corrected chi connectivity index (χ0v) is 43.2. The van der Waals surface area contributed by atoms with Crippen LogP contribution in [0.3, 0.4) is 0 Å². The third-order valence-electron chi connectivity index (χ3n) is 13.2. The van der Waals surface area contributed by atoms with Crippen molar-refractivity contribution in [3.05, 3.63) is 0 Å². The molecule has 6 nitrogen and oxygen atoms in total. The van der Waals surface area contributed by atoms with Crippen LogP contribution >= 0.6 is 0 Å². The van der Waals surface area contributed by atoms with Gasteiger partial charge in [-0.2, -0.15) is 0 Å². The molecular weight excluding hydrogens is 767 g/mol. The van der Waals surface area contributed by atoms with E-state index in [1.165, 1.54) is 257 Å². The molecule has 0 amide bonds. The van der Waals surface area contributed by atoms with Gasteiger partial charge in [-0.15, -0.1) is 0 Å². The van der Waals surface area contributed by atoms with E-state index in [9.17, 15) is 9.59 Å². The summed E-state index contributed by atoms with van der Waals surface area (Å²) in [5, 5.41) is 0. The molecule has 1 heterocycles. The molecule has 0 atom stereocenters. The number of carbonyl (C=O) groups excluding carboxylic acids is 2. The topological polar surface area (TPSA) is 65.1 Å². The van der Waals surface area contributed by atoms with Crippen molar-refractivity contribution in [2.75, 3.05) is 39.5 Å². The lowest BCUT2D eigenvalue weighted by atomic mass is 9.92. The Kier molecular flexibility index (Phi) is 56.8. The third-order valence-corrected chi connectivity index (χ3v) is 13.2. The molecule has 0 spiro atoms. The molecule has 1 fully saturated rings. The molecule has 0 aromatic rings. The molecule has 1 saturated heterocycles. The second-order valence-corrected chi connectivity index (χ2v) is 19.1. The SMILES string of the molecule is CCCCCC(CCCCC)CCOC=O.CCCCCC(CCCCC)CCOC=O.CCCCCCCCCC(CCCCCCCCC)OCCCCN1CCCCC1. The van der Waals surface area contributed by atoms with Crippen LogP contribution in [0.1, 0.15) is 292 Å². The largest absolute Gasteiger partial charge is 0.468 e. The maximum atomic E-state index is 10.1. The van der Waals surface area contributed by atoms with Crippen LogP contribution in [0.4, 0.5) is 0 Å². The number of carbonyl (C=O) groups is 2. The van der Waals surface area contributed by atoms with Crippen molar-refractivity contribution in [1.29, 1.82) is 0 Å². The number of rotatable bonds is 46. The predicted molar refractivity (Wildman–Crippen MR) is 271 cm³/mol. The van der Waals surface area contributed by atoms with Gasteiger partial charge in [0, 0.05) is 6.61 Å². The van der Waals surface area contributed by atoms with Gasteiger partial charge in [-0.1, -0.05) is 241 Å². The zero-order chi connectivity index (χ0) is 45.7. The Bertz CT molecular complexity index is 748. The van der Waals surface area contributed by atoms with Gasteiger partial charge in [-0.3, -0.25) is 9.59 Å². The molecule has 0 N–H and O–H groups in total. The van der Waals surface area contributed by atoms with Crippen LogP contribution in [0.5, 0.6) is 0 Å². The fraction of sp³-hybridized carbons (Fsp3) is 0.964. The van der Waals surface area contributed by atoms with Gasteiger partial charge in [-0.25, -0.2) is 0 Å². The van der Waals surface area contributed by atoms with E-state index in [4.69, 9.17) is 14.2 Å². The summed E-state index contributed by atoms with van der Waals surface area (Å²) in [6, 6.07) is 0. The number of hydrogen-bond acceptors (Lipinski definition) is 6. The van der Waals surface area contributed by atoms with Gasteiger partial charge in [0.1, 0.15) is 0 Å². The van der Waals surface area contributed by atoms with Gasteiger partial charge in [0.15, 0.2) is 0 Å². The van der Waals surface area contributed by atoms with E-state index in [-0.39, 0.29) is 0 Å². The van der Waals surface area contributed by atoms with Crippen LogP contribution in [-0.4, -0.2) is 63.4 Å². The van der Waals surface area contributed by atoms with E-state index in [1.807, 2.05) is 0 Å². The normalized spacial score (nSPS) is 12.9. The molecular formula is C56H113NO5. The summed E-state index contributed by atoms with van der Waals surface area (Å²) >= 11 is 0. The summed E-state index contributed by atoms with van der Waals surface area (Å²) in [5.74, 6) is 1.52. The molecule has 0 radical (unpaired) electrons. The average molecular weight is 881 g/mol. The van der Waals surface area contributed by atoms with Gasteiger partial charge >= 0.3 is 0 Å². The lowest BCUT2D eigenvalue weighted by Gasteiger charge is -2.26. The molecule has 0 aliphatic carbocycles. The Morgan fingerprint density at radius 1 is 0.371 bits per heavy atom. The smallest absolute Gasteiger partial charge is 0.293 e. The van der Waals surface area contributed by atoms with Gasteiger partial charge in [-0.05, 0) is 82.8 Å². The standard InChI is InChI=1S/C28H57NO.2C14H28O2/c1-3-5-7-9-11-13-16-22-28(23-17-14-12-10-8-6-4-2)30-27-21-20-26-29-24-18-15-19-25-29;2*1-3-5-7-9-14(10-8-6-4-2)11-12-16-13-15/h28H,3-27H2,1-2H3;2*13-14H,3-12H2,1-2H3. The number of unbranched alkanes of at least 4 members (excludes halogenated alkanes) is 21. The summed E-state index contributed by atoms with van der Waals surface area (Å²) in [5.41, 5.74) is 0. The van der Waals surface area contributed by atoms with Crippen molar-refractivity contribution < 1.29 is 23.8 Å². The van der Waals surface area contributed by atoms with Crippen LogP contribution in [-0.2, 0) is 23.8 Å². The summed E-state index contributed by atoms with van der Waals surface area (Å²) in [6.45, 7) is 20.8. The molecule has 0 unspecified atom stereocenters. The quantitative estimate of drug-likeness (QED) is 0.0448. The van der Waals surface area contributed by atoms with Crippen molar-refractivity contribution in [3.8, 4) is 0 Å². The minimum atomic E-state index is 0.534. The highest BCUT2D eigenvalue weighted by atomic mass is 16.5. The molecule has 0 aromatic carbocycles. The third kappa shape index (κ3) is 49.9. The summed E-state index contributed by atoms with van der Waals surface area (Å²) < 4.78 is 16.0. The van der Waals surface area contributed by atoms with E-state index in [2.05, 4.69) is 46.4 Å². The Morgan fingerprint density at radius 2 is 0.710 bits per heavy atom. The van der Waals surface area contributed by atoms with Gasteiger partial charge in [0.05, 0.1) is 19.3 Å². The molecule has 1 aliphatic rings. The van der Waals surface area contributed by atoms with E-state index in [1.54, 1.807) is 0 Å². The van der Waals surface area contributed by atoms with Gasteiger partial charge in [0.25, 0.3) is 12.9 Å². The Labute approximate surface area is 389 Å². The monoisotopic (exact) mass is 880 g/mol. The Balaban J connectivity index is 0. The van der Waals surface area contributed by atoms with Crippen LogP contribution in [0, 0.1) is 11.8 Å². The van der Waals surface area contributed by atoms with Crippen LogP contribution in [0.15, 0.2) is 0 Å². The molecule has 372 valence electrons. The number of piperidine rings is 1. The fourth-order valence-corrected chi connectivity index (χ4v) is 9.00. The molecule has 6 heteroatoms. The van der Waals surface area contributed by atoms with E-state index in [0.29, 0.717) is 32.3 Å². The minimum absolute atomic E-state index is 0.534. The zero-order valence-electron chi connectivity index (χ0n) is 43.2. The first-order chi connectivity index (χ1) is 30.6. The molecule has 0 saturated carbocycles. The maximum absolute atomic E-state index is 10.1. The highest BCUT2D eigenvalue weighted by Crippen LogP contribution is 2.23. The van der Waals surface area contributed by atoms with Crippen LogP contribution < -0.4 is 0 Å². The maximum Gasteiger partial charge on any atom is 0.293 e. The molecule has 62 heavy (non-hydrogen) atoms. The lowest BCUT2D eigenvalue weighted by molar-refractivity contribution is -0.129. The Hall–Kier alpha value is -1.14. The first-order valence-corrected chi connectivity index (χ1v) is 28.0. The van der Waals surface area contributed by atoms with E-state index >= 15 is 0 Å². The Morgan fingerprint density at radius 3 is 1.08 bits per heavy atom. The first-order valence-electron chi connectivity index (χ1n) is 28.0. The van der Waals surface area contributed by atoms with Gasteiger partial charge < -0.3 is 19.1 Å². The minimum Gasteiger partial charge on any atom is -0.468 e. The summed E-state index contributed by atoms with van der Waals surface area (Å²) in [7, 11) is 0. The lowest BCUT2D eigenvalue weighted by Crippen LogP contribution is -2.30. The van der Waals surface area contributed by atoms with E-state index < -0.39 is 0 Å². The summed E-state index contributed by atoms with van der Waals surface area (Å²) in [4.78, 5) is 22.8. The predicted octanol–water partition coefficient (Wildman–Crippen LogP) is 17.6. The summed E-state index contributed by atoms with van der Waals surface area (Å²) in [6.07, 6.45) is 52.8. The number of ether oxygens (including phenoxy) is 3. The van der Waals surface area contributed by atoms with Crippen molar-refractivity contribution in [3.63, 3.8) is 0 Å². The van der Waals surface area contributed by atoms with Crippen LogP contribution in [0.2, 0.25) is 0 Å². The van der Waals surface area contributed by atoms with Crippen molar-refractivity contribution >= 4 is 12.9 Å². The highest BCUT2D eigenvalue weighted by molar-refractivity contribution is 5.37. The molecule has 1 rings (SSSR count). The number of nitrogens with zero attached hydrogens (tertiary/aromatic N) is 1. The fourth-order valence-electron chi connectivity index (χ4n) is 9.00. The van der Waals surface area contributed by atoms with E-state index in [0.717, 1.165) is 31.3 Å². The molecule has 0 bridgehead atoms. The molecule has 1 aliphatic heterocycles. The van der Waals surface area contributed by atoms with Crippen molar-refractivity contribution in [2.45, 2.75) is 298 Å². The van der Waals surface area contributed by atoms with Crippen LogP contribution in [0.25, 0.3) is 0 Å². The van der Waals surface area contributed by atoms with Gasteiger partial charge in [0.2, 0.25) is 0 Å². The second-order valence-electron chi connectivity index (χ2n) is 19.1. The highest BCUT2D eigenvalue weighted by Gasteiger charge is 2.12. The average Bonchev–Trinajstić information content (AvgIpc) is 3.29. The number of hydrogen-bond donors (Lipinski definition) is 0. The van der Waals surface area contributed by atoms with Crippen molar-refractivity contribution in [2.24, 2.45) is 11.8 Å².